The first-order valence-corrected chi connectivity index (χ1v) is 7.24. The monoisotopic (exact) mass is 272 g/mol. The van der Waals surface area contributed by atoms with Gasteiger partial charge in [-0.15, -0.1) is 0 Å². The number of hydrogen-bond acceptors (Lipinski definition) is 1. The maximum atomic E-state index is 15.0. The molecule has 1 aromatic carbocycles. The fraction of sp³-hybridized carbons (Fsp3) is 0.438. The van der Waals surface area contributed by atoms with Crippen LogP contribution in [0.15, 0.2) is 24.3 Å². The van der Waals surface area contributed by atoms with Gasteiger partial charge in [-0.3, -0.25) is 4.79 Å². The number of carbonyl (C=O) groups excluding carboxylic acids is 1. The zero-order valence-electron chi connectivity index (χ0n) is 11.4. The van der Waals surface area contributed by atoms with Gasteiger partial charge in [0.1, 0.15) is 6.17 Å². The number of alkyl halides is 1. The van der Waals surface area contributed by atoms with Gasteiger partial charge in [0.25, 0.3) is 0 Å². The summed E-state index contributed by atoms with van der Waals surface area (Å²) in [6.45, 7) is 2.00. The largest absolute Gasteiger partial charge is 0.356 e. The predicted molar refractivity (Wildman–Crippen MR) is 75.0 cm³/mol. The Morgan fingerprint density at radius 3 is 3.00 bits per heavy atom. The molecular formula is C16H17FN2O. The van der Waals surface area contributed by atoms with Crippen LogP contribution in [0, 0.1) is 0 Å². The normalized spacial score (nSPS) is 29.4. The summed E-state index contributed by atoms with van der Waals surface area (Å²) in [4.78, 5) is 17.2. The zero-order chi connectivity index (χ0) is 13.9. The smallest absolute Gasteiger partial charge is 0.223 e. The number of hydrogen-bond donors (Lipinski definition) is 1. The van der Waals surface area contributed by atoms with Crippen LogP contribution in [0.3, 0.4) is 0 Å². The van der Waals surface area contributed by atoms with E-state index in [-0.39, 0.29) is 18.0 Å². The summed E-state index contributed by atoms with van der Waals surface area (Å²) < 4.78 is 15.0. The van der Waals surface area contributed by atoms with E-state index < -0.39 is 6.17 Å². The third-order valence-electron chi connectivity index (χ3n) is 4.76. The van der Waals surface area contributed by atoms with E-state index in [1.54, 1.807) is 4.90 Å². The molecule has 0 bridgehead atoms. The molecule has 3 heterocycles. The van der Waals surface area contributed by atoms with Crippen LogP contribution < -0.4 is 0 Å². The van der Waals surface area contributed by atoms with Crippen LogP contribution in [0.1, 0.15) is 49.7 Å². The molecule has 4 rings (SSSR count). The van der Waals surface area contributed by atoms with E-state index in [1.165, 1.54) is 0 Å². The molecule has 0 spiro atoms. The van der Waals surface area contributed by atoms with E-state index in [4.69, 9.17) is 0 Å². The molecule has 2 aliphatic heterocycles. The molecule has 0 radical (unpaired) electrons. The van der Waals surface area contributed by atoms with E-state index in [2.05, 4.69) is 4.98 Å². The highest BCUT2D eigenvalue weighted by Crippen LogP contribution is 2.47. The summed E-state index contributed by atoms with van der Waals surface area (Å²) in [5.74, 6) is 0.0840. The Balaban J connectivity index is 1.95. The van der Waals surface area contributed by atoms with E-state index in [1.807, 2.05) is 31.2 Å². The van der Waals surface area contributed by atoms with Crippen molar-refractivity contribution in [1.29, 1.82) is 0 Å². The third kappa shape index (κ3) is 1.42. The summed E-state index contributed by atoms with van der Waals surface area (Å²) in [7, 11) is 0. The van der Waals surface area contributed by atoms with Crippen molar-refractivity contribution in [1.82, 2.24) is 9.88 Å². The maximum absolute atomic E-state index is 15.0. The lowest BCUT2D eigenvalue weighted by Crippen LogP contribution is -2.50. The predicted octanol–water partition coefficient (Wildman–Crippen LogP) is 3.63. The molecule has 4 heteroatoms. The number of nitrogens with zero attached hydrogens (tertiary/aromatic N) is 1. The summed E-state index contributed by atoms with van der Waals surface area (Å²) in [6, 6.07) is 7.45. The molecule has 1 N–H and O–H groups in total. The minimum atomic E-state index is -1.08. The third-order valence-corrected chi connectivity index (χ3v) is 4.76. The van der Waals surface area contributed by atoms with Crippen LogP contribution >= 0.6 is 0 Å². The first kappa shape index (κ1) is 11.9. The fourth-order valence-electron chi connectivity index (χ4n) is 3.85. The summed E-state index contributed by atoms with van der Waals surface area (Å²) in [5.41, 5.74) is 2.59. The Bertz CT molecular complexity index is 693. The van der Waals surface area contributed by atoms with Crippen molar-refractivity contribution in [2.45, 2.75) is 44.4 Å². The highest BCUT2D eigenvalue weighted by Gasteiger charge is 2.45. The van der Waals surface area contributed by atoms with Crippen molar-refractivity contribution in [3.63, 3.8) is 0 Å². The Hall–Kier alpha value is -1.84. The van der Waals surface area contributed by atoms with Crippen molar-refractivity contribution >= 4 is 16.8 Å². The van der Waals surface area contributed by atoms with E-state index in [9.17, 15) is 4.79 Å². The van der Waals surface area contributed by atoms with Crippen LogP contribution in [0.4, 0.5) is 4.39 Å². The van der Waals surface area contributed by atoms with Gasteiger partial charge in [-0.2, -0.15) is 0 Å². The number of aromatic nitrogens is 1. The molecule has 0 aliphatic carbocycles. The molecule has 3 nitrogen and oxygen atoms in total. The molecule has 104 valence electrons. The number of fused-ring (bicyclic) bond motifs is 4. The number of piperidine rings is 1. The topological polar surface area (TPSA) is 36.1 Å². The number of aromatic amines is 1. The first-order valence-electron chi connectivity index (χ1n) is 7.24. The Morgan fingerprint density at radius 1 is 1.35 bits per heavy atom. The molecule has 3 atom stereocenters. The Kier molecular flexibility index (Phi) is 2.43. The Morgan fingerprint density at radius 2 is 2.15 bits per heavy atom. The van der Waals surface area contributed by atoms with Gasteiger partial charge in [0.05, 0.1) is 12.1 Å². The average Bonchev–Trinajstić information content (AvgIpc) is 2.84. The van der Waals surface area contributed by atoms with Crippen LogP contribution in [-0.2, 0) is 4.79 Å². The number of carbonyl (C=O) groups is 1. The van der Waals surface area contributed by atoms with E-state index >= 15 is 4.39 Å². The molecule has 2 aromatic rings. The second-order valence-corrected chi connectivity index (χ2v) is 5.84. The van der Waals surface area contributed by atoms with Gasteiger partial charge < -0.3 is 9.88 Å². The van der Waals surface area contributed by atoms with Crippen molar-refractivity contribution < 1.29 is 9.18 Å². The van der Waals surface area contributed by atoms with Gasteiger partial charge in [-0.1, -0.05) is 18.2 Å². The van der Waals surface area contributed by atoms with Gasteiger partial charge in [0.2, 0.25) is 5.91 Å². The van der Waals surface area contributed by atoms with Crippen molar-refractivity contribution in [3.05, 3.63) is 35.5 Å². The van der Waals surface area contributed by atoms with Crippen molar-refractivity contribution in [2.24, 2.45) is 0 Å². The molecule has 1 amide bonds. The van der Waals surface area contributed by atoms with Crippen LogP contribution in [0.2, 0.25) is 0 Å². The zero-order valence-corrected chi connectivity index (χ0v) is 11.4. The molecule has 1 aromatic heterocycles. The number of rotatable bonds is 0. The van der Waals surface area contributed by atoms with Crippen molar-refractivity contribution in [2.75, 3.05) is 0 Å². The lowest BCUT2D eigenvalue weighted by atomic mass is 9.85. The minimum Gasteiger partial charge on any atom is -0.356 e. The average molecular weight is 272 g/mol. The summed E-state index contributed by atoms with van der Waals surface area (Å²) >= 11 is 0. The molecule has 1 unspecified atom stereocenters. The Labute approximate surface area is 116 Å². The summed E-state index contributed by atoms with van der Waals surface area (Å²) in [5, 5.41) is 0.958. The highest BCUT2D eigenvalue weighted by molar-refractivity contribution is 5.87. The standard InChI is InChI=1S/C16H17FN2O/c1-9-16-14(10-5-2-3-6-11(10)18-16)15(17)12-7-4-8-13(20)19(9)12/h2-3,5-6,9,12,15,18H,4,7-8H2,1H3/t9-,12?,15-/m1/s1. The lowest BCUT2D eigenvalue weighted by molar-refractivity contribution is -0.143. The van der Waals surface area contributed by atoms with Crippen molar-refractivity contribution in [3.8, 4) is 0 Å². The lowest BCUT2D eigenvalue weighted by Gasteiger charge is -2.45. The van der Waals surface area contributed by atoms with Gasteiger partial charge in [-0.05, 0) is 25.8 Å². The van der Waals surface area contributed by atoms with Gasteiger partial charge >= 0.3 is 0 Å². The second-order valence-electron chi connectivity index (χ2n) is 5.84. The van der Waals surface area contributed by atoms with Crippen LogP contribution in [0.5, 0.6) is 0 Å². The molecule has 20 heavy (non-hydrogen) atoms. The highest BCUT2D eigenvalue weighted by atomic mass is 19.1. The number of para-hydroxylation sites is 1. The quantitative estimate of drug-likeness (QED) is 0.781. The van der Waals surface area contributed by atoms with Crippen LogP contribution in [-0.4, -0.2) is 21.8 Å². The van der Waals surface area contributed by atoms with E-state index in [0.29, 0.717) is 6.42 Å². The maximum Gasteiger partial charge on any atom is 0.223 e. The number of amides is 1. The number of benzene rings is 1. The van der Waals surface area contributed by atoms with E-state index in [0.717, 1.165) is 35.0 Å². The minimum absolute atomic E-state index is 0.0674. The number of halogens is 1. The molecule has 1 fully saturated rings. The van der Waals surface area contributed by atoms with Gasteiger partial charge in [-0.25, -0.2) is 4.39 Å². The molecule has 2 aliphatic rings. The molecular weight excluding hydrogens is 255 g/mol. The van der Waals surface area contributed by atoms with Gasteiger partial charge in [0.15, 0.2) is 0 Å². The SMILES string of the molecule is C[C@@H]1c2[nH]c3ccccc3c2[C@H](F)C2CCCC(=O)N21. The number of H-pyrrole nitrogens is 1. The molecule has 0 saturated carbocycles. The second kappa shape index (κ2) is 4.08. The molecule has 1 saturated heterocycles. The number of nitrogens with one attached hydrogen (secondary N) is 1. The fourth-order valence-corrected chi connectivity index (χ4v) is 3.85. The van der Waals surface area contributed by atoms with Crippen LogP contribution in [0.25, 0.3) is 10.9 Å². The first-order chi connectivity index (χ1) is 9.68. The summed E-state index contributed by atoms with van der Waals surface area (Å²) in [6.07, 6.45) is 1.02. The van der Waals surface area contributed by atoms with Gasteiger partial charge in [0, 0.05) is 28.6 Å².